The second-order valence-electron chi connectivity index (χ2n) is 5.62. The van der Waals surface area contributed by atoms with E-state index in [0.29, 0.717) is 17.9 Å². The highest BCUT2D eigenvalue weighted by Gasteiger charge is 2.11. The van der Waals surface area contributed by atoms with Crippen molar-refractivity contribution in [1.82, 2.24) is 14.4 Å². The first kappa shape index (κ1) is 15.1. The van der Waals surface area contributed by atoms with Crippen LogP contribution in [0.1, 0.15) is 5.56 Å². The van der Waals surface area contributed by atoms with E-state index in [2.05, 4.69) is 15.3 Å². The Kier molecular flexibility index (Phi) is 3.78. The first-order chi connectivity index (χ1) is 12.2. The van der Waals surface area contributed by atoms with E-state index >= 15 is 0 Å². The quantitative estimate of drug-likeness (QED) is 0.595. The Morgan fingerprint density at radius 3 is 2.88 bits per heavy atom. The number of nitrogens with one attached hydrogen (secondary N) is 1. The summed E-state index contributed by atoms with van der Waals surface area (Å²) in [6.45, 7) is 0.323. The number of nitrogens with zero attached hydrogens (tertiary/aromatic N) is 3. The lowest BCUT2D eigenvalue weighted by molar-refractivity contribution is 0.463. The number of phenolic OH excluding ortho intramolecular Hbond substituents is 1. The van der Waals surface area contributed by atoms with E-state index in [-0.39, 0.29) is 5.75 Å². The number of phenols is 1. The third-order valence-electron chi connectivity index (χ3n) is 3.94. The molecule has 5 nitrogen and oxygen atoms in total. The summed E-state index contributed by atoms with van der Waals surface area (Å²) in [6, 6.07) is 13.6. The van der Waals surface area contributed by atoms with Gasteiger partial charge in [0.1, 0.15) is 23.0 Å². The molecule has 0 atom stereocenters. The maximum absolute atomic E-state index is 13.1. The van der Waals surface area contributed by atoms with Crippen LogP contribution in [0.3, 0.4) is 0 Å². The van der Waals surface area contributed by atoms with Crippen LogP contribution in [-0.4, -0.2) is 19.5 Å². The average molecular weight is 334 g/mol. The summed E-state index contributed by atoms with van der Waals surface area (Å²) in [7, 11) is 0. The number of rotatable bonds is 4. The minimum absolute atomic E-state index is 0.0855. The highest BCUT2D eigenvalue weighted by molar-refractivity contribution is 5.73. The molecule has 6 heteroatoms. The molecule has 0 aliphatic heterocycles. The Balaban J connectivity index is 1.64. The summed E-state index contributed by atoms with van der Waals surface area (Å²) in [4.78, 5) is 8.98. The van der Waals surface area contributed by atoms with E-state index in [1.165, 1.54) is 6.07 Å². The SMILES string of the molecule is Oc1cc(F)ccc1CNc1ncccc1-c1cn2ccccc2n1. The van der Waals surface area contributed by atoms with Crippen molar-refractivity contribution < 1.29 is 9.50 Å². The lowest BCUT2D eigenvalue weighted by atomic mass is 10.1. The lowest BCUT2D eigenvalue weighted by Crippen LogP contribution is -2.03. The minimum atomic E-state index is -0.468. The number of benzene rings is 1. The zero-order valence-electron chi connectivity index (χ0n) is 13.2. The van der Waals surface area contributed by atoms with Crippen LogP contribution in [0.5, 0.6) is 5.75 Å². The molecular formula is C19H15FN4O. The number of imidazole rings is 1. The van der Waals surface area contributed by atoms with E-state index in [9.17, 15) is 9.50 Å². The predicted octanol–water partition coefficient (Wildman–Crippen LogP) is 3.85. The molecule has 0 spiro atoms. The molecule has 0 saturated carbocycles. The Bertz CT molecular complexity index is 1010. The summed E-state index contributed by atoms with van der Waals surface area (Å²) >= 11 is 0. The topological polar surface area (TPSA) is 62.5 Å². The van der Waals surface area contributed by atoms with Crippen molar-refractivity contribution in [3.8, 4) is 17.0 Å². The fraction of sp³-hybridized carbons (Fsp3) is 0.0526. The summed E-state index contributed by atoms with van der Waals surface area (Å²) in [6.07, 6.45) is 5.56. The molecule has 2 N–H and O–H groups in total. The Hall–Kier alpha value is -3.41. The van der Waals surface area contributed by atoms with Crippen molar-refractivity contribution in [1.29, 1.82) is 0 Å². The van der Waals surface area contributed by atoms with Gasteiger partial charge >= 0.3 is 0 Å². The van der Waals surface area contributed by atoms with E-state index < -0.39 is 5.82 Å². The molecule has 0 aliphatic rings. The van der Waals surface area contributed by atoms with Gasteiger partial charge in [-0.15, -0.1) is 0 Å². The van der Waals surface area contributed by atoms with Crippen molar-refractivity contribution in [2.24, 2.45) is 0 Å². The minimum Gasteiger partial charge on any atom is -0.507 e. The summed E-state index contributed by atoms with van der Waals surface area (Å²) in [5.41, 5.74) is 3.09. The van der Waals surface area contributed by atoms with E-state index in [0.717, 1.165) is 23.0 Å². The maximum atomic E-state index is 13.1. The Labute approximate surface area is 143 Å². The molecule has 0 aliphatic carbocycles. The number of hydrogen-bond acceptors (Lipinski definition) is 4. The normalized spacial score (nSPS) is 10.9. The summed E-state index contributed by atoms with van der Waals surface area (Å²) < 4.78 is 15.0. The lowest BCUT2D eigenvalue weighted by Gasteiger charge is -2.10. The highest BCUT2D eigenvalue weighted by Crippen LogP contribution is 2.27. The molecule has 25 heavy (non-hydrogen) atoms. The van der Waals surface area contributed by atoms with Crippen LogP contribution in [0.2, 0.25) is 0 Å². The number of fused-ring (bicyclic) bond motifs is 1. The highest BCUT2D eigenvalue weighted by atomic mass is 19.1. The Morgan fingerprint density at radius 2 is 2.04 bits per heavy atom. The van der Waals surface area contributed by atoms with Crippen LogP contribution in [0.4, 0.5) is 10.2 Å². The average Bonchev–Trinajstić information content (AvgIpc) is 3.05. The summed E-state index contributed by atoms with van der Waals surface area (Å²) in [5.74, 6) is 0.0943. The first-order valence-corrected chi connectivity index (χ1v) is 7.81. The van der Waals surface area contributed by atoms with E-state index in [4.69, 9.17) is 0 Å². The standard InChI is InChI=1S/C19H15FN4O/c20-14-7-6-13(17(25)10-14)11-22-19-15(4-3-8-21-19)16-12-24-9-2-1-5-18(24)23-16/h1-10,12,25H,11H2,(H,21,22). The fourth-order valence-electron chi connectivity index (χ4n) is 2.68. The number of pyridine rings is 2. The second kappa shape index (κ2) is 6.24. The zero-order valence-corrected chi connectivity index (χ0v) is 13.2. The number of anilines is 1. The van der Waals surface area contributed by atoms with Crippen molar-refractivity contribution >= 4 is 11.5 Å². The van der Waals surface area contributed by atoms with Gasteiger partial charge in [0.05, 0.1) is 5.69 Å². The van der Waals surface area contributed by atoms with Crippen LogP contribution in [0.25, 0.3) is 16.9 Å². The number of halogens is 1. The van der Waals surface area contributed by atoms with Crippen molar-refractivity contribution in [2.75, 3.05) is 5.32 Å². The molecule has 0 unspecified atom stereocenters. The Morgan fingerprint density at radius 1 is 1.12 bits per heavy atom. The van der Waals surface area contributed by atoms with Crippen LogP contribution in [0, 0.1) is 5.82 Å². The van der Waals surface area contributed by atoms with Gasteiger partial charge in [-0.2, -0.15) is 0 Å². The van der Waals surface area contributed by atoms with Crippen LogP contribution < -0.4 is 5.32 Å². The molecule has 0 bridgehead atoms. The van der Waals surface area contributed by atoms with Gasteiger partial charge in [-0.25, -0.2) is 14.4 Å². The van der Waals surface area contributed by atoms with Gasteiger partial charge in [0.2, 0.25) is 0 Å². The third kappa shape index (κ3) is 3.01. The van der Waals surface area contributed by atoms with Crippen LogP contribution in [0.15, 0.2) is 67.1 Å². The van der Waals surface area contributed by atoms with Crippen molar-refractivity contribution in [3.05, 3.63) is 78.5 Å². The predicted molar refractivity (Wildman–Crippen MR) is 93.8 cm³/mol. The first-order valence-electron chi connectivity index (χ1n) is 7.81. The smallest absolute Gasteiger partial charge is 0.137 e. The molecular weight excluding hydrogens is 319 g/mol. The molecule has 4 aromatic rings. The van der Waals surface area contributed by atoms with Gasteiger partial charge in [-0.3, -0.25) is 0 Å². The second-order valence-corrected chi connectivity index (χ2v) is 5.62. The van der Waals surface area contributed by atoms with Gasteiger partial charge in [0.25, 0.3) is 0 Å². The molecule has 3 heterocycles. The third-order valence-corrected chi connectivity index (χ3v) is 3.94. The largest absolute Gasteiger partial charge is 0.507 e. The number of aromatic hydroxyl groups is 1. The van der Waals surface area contributed by atoms with Crippen LogP contribution >= 0.6 is 0 Å². The molecule has 124 valence electrons. The molecule has 0 amide bonds. The summed E-state index contributed by atoms with van der Waals surface area (Å²) in [5, 5.41) is 13.0. The zero-order chi connectivity index (χ0) is 17.2. The van der Waals surface area contributed by atoms with E-state index in [1.807, 2.05) is 47.1 Å². The van der Waals surface area contributed by atoms with Gasteiger partial charge in [0, 0.05) is 42.3 Å². The molecule has 3 aromatic heterocycles. The van der Waals surface area contributed by atoms with Crippen LogP contribution in [-0.2, 0) is 6.54 Å². The molecule has 0 radical (unpaired) electrons. The fourth-order valence-corrected chi connectivity index (χ4v) is 2.68. The van der Waals surface area contributed by atoms with Gasteiger partial charge in [-0.05, 0) is 30.3 Å². The number of aromatic nitrogens is 3. The number of hydrogen-bond donors (Lipinski definition) is 2. The van der Waals surface area contributed by atoms with Crippen molar-refractivity contribution in [2.45, 2.75) is 6.54 Å². The van der Waals surface area contributed by atoms with Crippen molar-refractivity contribution in [3.63, 3.8) is 0 Å². The maximum Gasteiger partial charge on any atom is 0.137 e. The monoisotopic (exact) mass is 334 g/mol. The molecule has 0 fully saturated rings. The van der Waals surface area contributed by atoms with Gasteiger partial charge < -0.3 is 14.8 Å². The van der Waals surface area contributed by atoms with E-state index in [1.54, 1.807) is 12.3 Å². The molecule has 1 aromatic carbocycles. The van der Waals surface area contributed by atoms with Gasteiger partial charge in [0.15, 0.2) is 0 Å². The van der Waals surface area contributed by atoms with Gasteiger partial charge in [-0.1, -0.05) is 12.1 Å². The molecule has 4 rings (SSSR count). The molecule has 0 saturated heterocycles.